The zero-order valence-electron chi connectivity index (χ0n) is 12.1. The lowest BCUT2D eigenvalue weighted by molar-refractivity contribution is 0.0280. The van der Waals surface area contributed by atoms with Crippen molar-refractivity contribution < 1.29 is 14.3 Å². The van der Waals surface area contributed by atoms with Gasteiger partial charge in [0.25, 0.3) is 5.91 Å². The Morgan fingerprint density at radius 3 is 2.95 bits per heavy atom. The summed E-state index contributed by atoms with van der Waals surface area (Å²) >= 11 is 6.00. The highest BCUT2D eigenvalue weighted by molar-refractivity contribution is 6.31. The molecule has 2 atom stereocenters. The number of hydrogen-bond donors (Lipinski definition) is 1. The van der Waals surface area contributed by atoms with Crippen LogP contribution in [0.2, 0.25) is 5.02 Å². The zero-order valence-corrected chi connectivity index (χ0v) is 12.9. The van der Waals surface area contributed by atoms with Crippen LogP contribution < -0.4 is 0 Å². The van der Waals surface area contributed by atoms with Gasteiger partial charge in [-0.25, -0.2) is 0 Å². The first-order valence-corrected chi connectivity index (χ1v) is 7.51. The van der Waals surface area contributed by atoms with Crippen LogP contribution in [-0.4, -0.2) is 35.1 Å². The first-order chi connectivity index (χ1) is 9.97. The molecule has 2 heterocycles. The fourth-order valence-electron chi connectivity index (χ4n) is 2.86. The molecule has 5 heteroatoms. The van der Waals surface area contributed by atoms with Crippen molar-refractivity contribution in [3.8, 4) is 0 Å². The lowest BCUT2D eigenvalue weighted by Gasteiger charge is -2.33. The molecule has 1 aromatic carbocycles. The number of hydrogen-bond acceptors (Lipinski definition) is 3. The molecule has 1 aliphatic heterocycles. The highest BCUT2D eigenvalue weighted by atomic mass is 35.5. The SMILES string of the molecule is Cc1c(C(=O)N2CCC(O)C(C)C2)oc2ccc(Cl)cc12. The van der Waals surface area contributed by atoms with Gasteiger partial charge < -0.3 is 14.4 Å². The Hall–Kier alpha value is -1.52. The predicted molar refractivity (Wildman–Crippen MR) is 81.7 cm³/mol. The highest BCUT2D eigenvalue weighted by Crippen LogP contribution is 2.29. The Balaban J connectivity index is 1.93. The van der Waals surface area contributed by atoms with Crippen molar-refractivity contribution >= 4 is 28.5 Å². The second-order valence-electron chi connectivity index (χ2n) is 5.78. The molecule has 112 valence electrons. The van der Waals surface area contributed by atoms with Gasteiger partial charge in [0.05, 0.1) is 6.10 Å². The van der Waals surface area contributed by atoms with Crippen molar-refractivity contribution in [1.29, 1.82) is 0 Å². The topological polar surface area (TPSA) is 53.7 Å². The summed E-state index contributed by atoms with van der Waals surface area (Å²) in [4.78, 5) is 14.4. The van der Waals surface area contributed by atoms with Gasteiger partial charge in [0.2, 0.25) is 0 Å². The van der Waals surface area contributed by atoms with Crippen molar-refractivity contribution in [2.45, 2.75) is 26.4 Å². The molecule has 1 aromatic heterocycles. The number of furan rings is 1. The summed E-state index contributed by atoms with van der Waals surface area (Å²) in [7, 11) is 0. The summed E-state index contributed by atoms with van der Waals surface area (Å²) in [6.07, 6.45) is 0.280. The molecule has 4 nitrogen and oxygen atoms in total. The molecule has 1 saturated heterocycles. The Morgan fingerprint density at radius 2 is 2.24 bits per heavy atom. The van der Waals surface area contributed by atoms with Crippen LogP contribution in [0.15, 0.2) is 22.6 Å². The number of nitrogens with zero attached hydrogens (tertiary/aromatic N) is 1. The van der Waals surface area contributed by atoms with Crippen molar-refractivity contribution in [2.75, 3.05) is 13.1 Å². The maximum Gasteiger partial charge on any atom is 0.289 e. The number of benzene rings is 1. The molecule has 0 spiro atoms. The van der Waals surface area contributed by atoms with Crippen LogP contribution in [-0.2, 0) is 0 Å². The van der Waals surface area contributed by atoms with E-state index < -0.39 is 0 Å². The molecule has 1 aliphatic rings. The van der Waals surface area contributed by atoms with Crippen LogP contribution in [0.3, 0.4) is 0 Å². The number of fused-ring (bicyclic) bond motifs is 1. The molecule has 1 N–H and O–H groups in total. The van der Waals surface area contributed by atoms with Crippen molar-refractivity contribution in [1.82, 2.24) is 4.90 Å². The monoisotopic (exact) mass is 307 g/mol. The van der Waals surface area contributed by atoms with Crippen LogP contribution in [0.1, 0.15) is 29.5 Å². The van der Waals surface area contributed by atoms with E-state index in [2.05, 4.69) is 0 Å². The molecular weight excluding hydrogens is 290 g/mol. The van der Waals surface area contributed by atoms with Gasteiger partial charge in [-0.3, -0.25) is 4.79 Å². The Morgan fingerprint density at radius 1 is 1.48 bits per heavy atom. The molecule has 1 amide bonds. The van der Waals surface area contributed by atoms with Crippen molar-refractivity contribution in [3.05, 3.63) is 34.5 Å². The Kier molecular flexibility index (Phi) is 3.68. The molecule has 21 heavy (non-hydrogen) atoms. The van der Waals surface area contributed by atoms with Crippen molar-refractivity contribution in [3.63, 3.8) is 0 Å². The summed E-state index contributed by atoms with van der Waals surface area (Å²) in [5.74, 6) is 0.344. The number of aryl methyl sites for hydroxylation is 1. The van der Waals surface area contributed by atoms with Gasteiger partial charge in [0, 0.05) is 29.1 Å². The summed E-state index contributed by atoms with van der Waals surface area (Å²) in [6.45, 7) is 4.94. The standard InChI is InChI=1S/C16H18ClNO3/c1-9-8-18(6-5-13(9)19)16(20)15-10(2)12-7-11(17)3-4-14(12)21-15/h3-4,7,9,13,19H,5-6,8H2,1-2H3. The van der Waals surface area contributed by atoms with E-state index in [4.69, 9.17) is 16.0 Å². The van der Waals surface area contributed by atoms with Crippen LogP contribution in [0, 0.1) is 12.8 Å². The Bertz CT molecular complexity index is 694. The fraction of sp³-hybridized carbons (Fsp3) is 0.438. The molecule has 0 radical (unpaired) electrons. The van der Waals surface area contributed by atoms with Gasteiger partial charge in [-0.1, -0.05) is 18.5 Å². The average Bonchev–Trinajstić information content (AvgIpc) is 2.78. The minimum atomic E-state index is -0.329. The average molecular weight is 308 g/mol. The minimum Gasteiger partial charge on any atom is -0.451 e. The number of halogens is 1. The van der Waals surface area contributed by atoms with E-state index in [-0.39, 0.29) is 17.9 Å². The first kappa shape index (κ1) is 14.4. The van der Waals surface area contributed by atoms with Gasteiger partial charge in [-0.2, -0.15) is 0 Å². The number of aliphatic hydroxyl groups is 1. The molecular formula is C16H18ClNO3. The maximum absolute atomic E-state index is 12.6. The van der Waals surface area contributed by atoms with Crippen LogP contribution in [0.4, 0.5) is 0 Å². The quantitative estimate of drug-likeness (QED) is 0.880. The fourth-order valence-corrected chi connectivity index (χ4v) is 3.03. The van der Waals surface area contributed by atoms with E-state index in [1.165, 1.54) is 0 Å². The predicted octanol–water partition coefficient (Wildman–Crippen LogP) is 3.24. The lowest BCUT2D eigenvalue weighted by Crippen LogP contribution is -2.45. The second-order valence-corrected chi connectivity index (χ2v) is 6.22. The number of likely N-dealkylation sites (tertiary alicyclic amines) is 1. The summed E-state index contributed by atoms with van der Waals surface area (Å²) in [5.41, 5.74) is 1.49. The smallest absolute Gasteiger partial charge is 0.289 e. The number of rotatable bonds is 1. The number of piperidine rings is 1. The molecule has 0 bridgehead atoms. The normalized spacial score (nSPS) is 22.8. The summed E-state index contributed by atoms with van der Waals surface area (Å²) in [5, 5.41) is 11.3. The number of carbonyl (C=O) groups is 1. The van der Waals surface area contributed by atoms with Crippen LogP contribution in [0.5, 0.6) is 0 Å². The van der Waals surface area contributed by atoms with E-state index in [1.807, 2.05) is 19.9 Å². The molecule has 2 aromatic rings. The van der Waals surface area contributed by atoms with Gasteiger partial charge in [0.15, 0.2) is 5.76 Å². The second kappa shape index (κ2) is 5.35. The third kappa shape index (κ3) is 2.54. The molecule has 2 unspecified atom stereocenters. The van der Waals surface area contributed by atoms with Crippen LogP contribution in [0.25, 0.3) is 11.0 Å². The number of aliphatic hydroxyl groups excluding tert-OH is 1. The number of carbonyl (C=O) groups excluding carboxylic acids is 1. The third-order valence-corrected chi connectivity index (χ3v) is 4.47. The zero-order chi connectivity index (χ0) is 15.1. The summed E-state index contributed by atoms with van der Waals surface area (Å²) < 4.78 is 5.72. The maximum atomic E-state index is 12.6. The summed E-state index contributed by atoms with van der Waals surface area (Å²) in [6, 6.07) is 5.35. The molecule has 0 saturated carbocycles. The van der Waals surface area contributed by atoms with Gasteiger partial charge in [-0.05, 0) is 37.5 Å². The minimum absolute atomic E-state index is 0.0850. The van der Waals surface area contributed by atoms with E-state index in [1.54, 1.807) is 17.0 Å². The lowest BCUT2D eigenvalue weighted by atomic mass is 9.96. The van der Waals surface area contributed by atoms with Gasteiger partial charge >= 0.3 is 0 Å². The molecule has 3 rings (SSSR count). The van der Waals surface area contributed by atoms with E-state index >= 15 is 0 Å². The molecule has 1 fully saturated rings. The van der Waals surface area contributed by atoms with E-state index in [0.29, 0.717) is 35.9 Å². The van der Waals surface area contributed by atoms with E-state index in [9.17, 15) is 9.90 Å². The largest absolute Gasteiger partial charge is 0.451 e. The van der Waals surface area contributed by atoms with Crippen LogP contribution >= 0.6 is 11.6 Å². The van der Waals surface area contributed by atoms with Gasteiger partial charge in [-0.15, -0.1) is 0 Å². The third-order valence-electron chi connectivity index (χ3n) is 4.24. The first-order valence-electron chi connectivity index (χ1n) is 7.13. The highest BCUT2D eigenvalue weighted by Gasteiger charge is 2.30. The number of amides is 1. The molecule has 0 aliphatic carbocycles. The van der Waals surface area contributed by atoms with Gasteiger partial charge in [0.1, 0.15) is 5.58 Å². The van der Waals surface area contributed by atoms with Crippen molar-refractivity contribution in [2.24, 2.45) is 5.92 Å². The Labute approximate surface area is 128 Å². The van der Waals surface area contributed by atoms with E-state index in [0.717, 1.165) is 10.9 Å².